The summed E-state index contributed by atoms with van der Waals surface area (Å²) in [6, 6.07) is 11.9. The van der Waals surface area contributed by atoms with Gasteiger partial charge in [0.25, 0.3) is 6.01 Å². The molecule has 4 rings (SSSR count). The van der Waals surface area contributed by atoms with Crippen molar-refractivity contribution >= 4 is 11.0 Å². The Morgan fingerprint density at radius 1 is 1.04 bits per heavy atom. The van der Waals surface area contributed by atoms with Crippen LogP contribution in [0.4, 0.5) is 0 Å². The Kier molecular flexibility index (Phi) is 3.42. The number of aromatic nitrogens is 4. The number of hydrogen-bond acceptors (Lipinski definition) is 4. The van der Waals surface area contributed by atoms with Crippen molar-refractivity contribution in [1.29, 1.82) is 0 Å². The Labute approximate surface area is 138 Å². The molecule has 0 fully saturated rings. The maximum absolute atomic E-state index is 5.81. The second-order valence-corrected chi connectivity index (χ2v) is 5.40. The second kappa shape index (κ2) is 5.73. The van der Waals surface area contributed by atoms with Gasteiger partial charge in [0, 0.05) is 18.0 Å². The summed E-state index contributed by atoms with van der Waals surface area (Å²) in [5.74, 6) is 1.48. The second-order valence-electron chi connectivity index (χ2n) is 5.40. The van der Waals surface area contributed by atoms with E-state index < -0.39 is 0 Å². The Bertz CT molecular complexity index is 972. The predicted molar refractivity (Wildman–Crippen MR) is 91.0 cm³/mol. The van der Waals surface area contributed by atoms with E-state index in [1.54, 1.807) is 19.6 Å². The smallest absolute Gasteiger partial charge is 0.300 e. The zero-order valence-corrected chi connectivity index (χ0v) is 13.4. The maximum Gasteiger partial charge on any atom is 0.300 e. The lowest BCUT2D eigenvalue weighted by Crippen LogP contribution is -1.94. The molecule has 0 amide bonds. The van der Waals surface area contributed by atoms with Crippen LogP contribution < -0.4 is 9.47 Å². The normalized spacial score (nSPS) is 10.9. The van der Waals surface area contributed by atoms with E-state index in [0.29, 0.717) is 11.8 Å². The summed E-state index contributed by atoms with van der Waals surface area (Å²) in [5.41, 5.74) is 3.92. The molecule has 1 N–H and O–H groups in total. The van der Waals surface area contributed by atoms with E-state index in [-0.39, 0.29) is 0 Å². The fraction of sp³-hybridized carbons (Fsp3) is 0.111. The third-order valence-electron chi connectivity index (χ3n) is 3.91. The molecule has 0 saturated carbocycles. The van der Waals surface area contributed by atoms with E-state index in [1.165, 1.54) is 0 Å². The molecule has 2 aromatic carbocycles. The van der Waals surface area contributed by atoms with Gasteiger partial charge in [0.05, 0.1) is 30.2 Å². The summed E-state index contributed by atoms with van der Waals surface area (Å²) in [7, 11) is 1.63. The molecule has 24 heavy (non-hydrogen) atoms. The first-order valence-corrected chi connectivity index (χ1v) is 7.54. The van der Waals surface area contributed by atoms with E-state index in [2.05, 4.69) is 15.0 Å². The summed E-state index contributed by atoms with van der Waals surface area (Å²) in [6.45, 7) is 2.04. The Morgan fingerprint density at radius 2 is 1.83 bits per heavy atom. The van der Waals surface area contributed by atoms with Gasteiger partial charge in [-0.2, -0.15) is 4.98 Å². The van der Waals surface area contributed by atoms with Gasteiger partial charge in [0.1, 0.15) is 11.5 Å². The molecular weight excluding hydrogens is 304 g/mol. The molecule has 4 aromatic rings. The molecule has 0 aliphatic carbocycles. The Balaban J connectivity index is 1.69. The van der Waals surface area contributed by atoms with Crippen LogP contribution in [0.25, 0.3) is 16.7 Å². The molecule has 6 heteroatoms. The van der Waals surface area contributed by atoms with E-state index in [9.17, 15) is 0 Å². The highest BCUT2D eigenvalue weighted by Crippen LogP contribution is 2.27. The number of hydrogen-bond donors (Lipinski definition) is 1. The first-order valence-electron chi connectivity index (χ1n) is 7.54. The molecule has 0 atom stereocenters. The van der Waals surface area contributed by atoms with Crippen LogP contribution >= 0.6 is 0 Å². The number of imidazole rings is 2. The van der Waals surface area contributed by atoms with E-state index in [4.69, 9.17) is 9.47 Å². The van der Waals surface area contributed by atoms with Gasteiger partial charge in [-0.15, -0.1) is 0 Å². The predicted octanol–water partition coefficient (Wildman–Crippen LogP) is 3.86. The lowest BCUT2D eigenvalue weighted by Gasteiger charge is -2.06. The lowest BCUT2D eigenvalue weighted by molar-refractivity contribution is 0.411. The fourth-order valence-corrected chi connectivity index (χ4v) is 2.66. The summed E-state index contributed by atoms with van der Waals surface area (Å²) >= 11 is 0. The number of benzene rings is 2. The van der Waals surface area contributed by atoms with Gasteiger partial charge in [-0.25, -0.2) is 4.98 Å². The van der Waals surface area contributed by atoms with Crippen LogP contribution in [0.3, 0.4) is 0 Å². The molecule has 0 aliphatic heterocycles. The van der Waals surface area contributed by atoms with Crippen LogP contribution in [0.5, 0.6) is 17.5 Å². The zero-order chi connectivity index (χ0) is 16.5. The third kappa shape index (κ3) is 2.48. The topological polar surface area (TPSA) is 65.0 Å². The molecule has 0 aliphatic rings. The number of nitrogens with zero attached hydrogens (tertiary/aromatic N) is 3. The van der Waals surface area contributed by atoms with Crippen LogP contribution in [0.2, 0.25) is 0 Å². The summed E-state index contributed by atoms with van der Waals surface area (Å²) in [6.07, 6.45) is 5.44. The van der Waals surface area contributed by atoms with Gasteiger partial charge < -0.3 is 19.0 Å². The molecule has 0 spiro atoms. The van der Waals surface area contributed by atoms with Crippen molar-refractivity contribution in [3.63, 3.8) is 0 Å². The molecule has 0 unspecified atom stereocenters. The highest BCUT2D eigenvalue weighted by molar-refractivity contribution is 5.82. The Hall–Kier alpha value is -3.28. The van der Waals surface area contributed by atoms with Crippen molar-refractivity contribution in [3.8, 4) is 23.2 Å². The monoisotopic (exact) mass is 320 g/mol. The molecule has 2 aromatic heterocycles. The van der Waals surface area contributed by atoms with Crippen LogP contribution in [0.1, 0.15) is 5.56 Å². The van der Waals surface area contributed by atoms with Gasteiger partial charge in [0.2, 0.25) is 0 Å². The minimum Gasteiger partial charge on any atom is -0.497 e. The third-order valence-corrected chi connectivity index (χ3v) is 3.91. The highest BCUT2D eigenvalue weighted by atomic mass is 16.5. The largest absolute Gasteiger partial charge is 0.497 e. The lowest BCUT2D eigenvalue weighted by atomic mass is 10.1. The summed E-state index contributed by atoms with van der Waals surface area (Å²) < 4.78 is 12.9. The maximum atomic E-state index is 5.81. The number of rotatable bonds is 4. The van der Waals surface area contributed by atoms with Crippen LogP contribution in [0, 0.1) is 6.92 Å². The quantitative estimate of drug-likeness (QED) is 0.620. The van der Waals surface area contributed by atoms with Crippen molar-refractivity contribution in [3.05, 3.63) is 60.7 Å². The number of aromatic amines is 1. The summed E-state index contributed by atoms with van der Waals surface area (Å²) in [5, 5.41) is 0. The van der Waals surface area contributed by atoms with Gasteiger partial charge in [-0.05, 0) is 43.3 Å². The fourth-order valence-electron chi connectivity index (χ4n) is 2.66. The molecular formula is C18H16N4O2. The Morgan fingerprint density at radius 3 is 2.54 bits per heavy atom. The summed E-state index contributed by atoms with van der Waals surface area (Å²) in [4.78, 5) is 11.9. The molecule has 0 saturated heterocycles. The molecule has 120 valence electrons. The van der Waals surface area contributed by atoms with Crippen molar-refractivity contribution < 1.29 is 9.47 Å². The highest BCUT2D eigenvalue weighted by Gasteiger charge is 2.11. The van der Waals surface area contributed by atoms with Crippen LogP contribution in [-0.2, 0) is 0 Å². The van der Waals surface area contributed by atoms with Crippen molar-refractivity contribution in [2.24, 2.45) is 0 Å². The standard InChI is InChI=1S/C18H16N4O2/c1-12-16(22-10-9-19-11-22)8-7-15-17(12)21-18(20-15)24-14-5-3-13(23-2)4-6-14/h3-11H,1-2H3,(H,20,21). The van der Waals surface area contributed by atoms with Gasteiger partial charge in [-0.3, -0.25) is 0 Å². The molecule has 6 nitrogen and oxygen atoms in total. The minimum absolute atomic E-state index is 0.459. The zero-order valence-electron chi connectivity index (χ0n) is 13.4. The van der Waals surface area contributed by atoms with Gasteiger partial charge in [-0.1, -0.05) is 0 Å². The SMILES string of the molecule is COc1ccc(Oc2nc3c(C)c(-n4ccnc4)ccc3[nH]2)cc1. The number of nitrogens with one attached hydrogen (secondary N) is 1. The van der Waals surface area contributed by atoms with E-state index in [0.717, 1.165) is 28.0 Å². The van der Waals surface area contributed by atoms with Crippen molar-refractivity contribution in [2.75, 3.05) is 7.11 Å². The molecule has 0 bridgehead atoms. The number of ether oxygens (including phenoxy) is 2. The first-order chi connectivity index (χ1) is 11.7. The van der Waals surface area contributed by atoms with E-state index >= 15 is 0 Å². The first kappa shape index (κ1) is 14.3. The van der Waals surface area contributed by atoms with Gasteiger partial charge in [0.15, 0.2) is 0 Å². The number of methoxy groups -OCH3 is 1. The number of aryl methyl sites for hydroxylation is 1. The van der Waals surface area contributed by atoms with E-state index in [1.807, 2.05) is 54.1 Å². The minimum atomic E-state index is 0.459. The average Bonchev–Trinajstić information content (AvgIpc) is 3.26. The van der Waals surface area contributed by atoms with Crippen LogP contribution in [0.15, 0.2) is 55.1 Å². The van der Waals surface area contributed by atoms with Crippen LogP contribution in [-0.4, -0.2) is 26.6 Å². The number of H-pyrrole nitrogens is 1. The average molecular weight is 320 g/mol. The van der Waals surface area contributed by atoms with Crippen molar-refractivity contribution in [2.45, 2.75) is 6.92 Å². The van der Waals surface area contributed by atoms with Gasteiger partial charge >= 0.3 is 0 Å². The van der Waals surface area contributed by atoms with Crippen molar-refractivity contribution in [1.82, 2.24) is 19.5 Å². The number of fused-ring (bicyclic) bond motifs is 1. The molecule has 0 radical (unpaired) electrons. The molecule has 2 heterocycles.